The monoisotopic (exact) mass is 458 g/mol. The first-order valence-electron chi connectivity index (χ1n) is 9.83. The maximum atomic E-state index is 11.3. The molecule has 5 aromatic rings. The fourth-order valence-electron chi connectivity index (χ4n) is 3.31. The van der Waals surface area contributed by atoms with Crippen LogP contribution in [-0.4, -0.2) is 32.9 Å². The van der Waals surface area contributed by atoms with Crippen molar-refractivity contribution in [2.24, 2.45) is 0 Å². The van der Waals surface area contributed by atoms with Crippen LogP contribution in [0.15, 0.2) is 72.0 Å². The zero-order chi connectivity index (χ0) is 22.1. The maximum Gasteiger partial charge on any atom is 0.236 e. The largest absolute Gasteiger partial charge is 0.302 e. The molecule has 0 aliphatic rings. The Hall–Kier alpha value is -3.56. The number of carbonyl (C=O) groups excluding carboxylic acids is 1. The number of rotatable bonds is 5. The lowest BCUT2D eigenvalue weighted by molar-refractivity contribution is -0.114. The standard InChI is InChI=1S/C23H18N6OS2/c1-14(30)26-23-28-19-7-6-15(12-21(19)31-23)18-9-11-25-22(27-18)29(2)32-20-5-3-4-16-13-24-10-8-17(16)20/h3-13H,1-2H3,(H,26,28,30). The Bertz CT molecular complexity index is 1450. The van der Waals surface area contributed by atoms with E-state index in [0.29, 0.717) is 11.1 Å². The maximum absolute atomic E-state index is 11.3. The summed E-state index contributed by atoms with van der Waals surface area (Å²) in [5.41, 5.74) is 2.63. The van der Waals surface area contributed by atoms with E-state index in [2.05, 4.69) is 32.4 Å². The summed E-state index contributed by atoms with van der Waals surface area (Å²) in [7, 11) is 1.95. The lowest BCUT2D eigenvalue weighted by Gasteiger charge is -2.17. The average Bonchev–Trinajstić information content (AvgIpc) is 3.20. The van der Waals surface area contributed by atoms with Gasteiger partial charge in [-0.3, -0.25) is 14.1 Å². The Balaban J connectivity index is 1.43. The highest BCUT2D eigenvalue weighted by atomic mass is 32.2. The molecule has 0 fully saturated rings. The zero-order valence-electron chi connectivity index (χ0n) is 17.3. The van der Waals surface area contributed by atoms with E-state index in [-0.39, 0.29) is 5.91 Å². The summed E-state index contributed by atoms with van der Waals surface area (Å²) in [5.74, 6) is 0.481. The van der Waals surface area contributed by atoms with Gasteiger partial charge in [0.2, 0.25) is 11.9 Å². The van der Waals surface area contributed by atoms with E-state index >= 15 is 0 Å². The van der Waals surface area contributed by atoms with E-state index in [0.717, 1.165) is 37.1 Å². The van der Waals surface area contributed by atoms with Gasteiger partial charge in [-0.2, -0.15) is 0 Å². The van der Waals surface area contributed by atoms with Gasteiger partial charge in [-0.05, 0) is 42.3 Å². The van der Waals surface area contributed by atoms with Crippen LogP contribution in [0.1, 0.15) is 6.92 Å². The van der Waals surface area contributed by atoms with Crippen molar-refractivity contribution < 1.29 is 4.79 Å². The van der Waals surface area contributed by atoms with Crippen LogP contribution >= 0.6 is 23.3 Å². The first-order valence-corrected chi connectivity index (χ1v) is 11.4. The van der Waals surface area contributed by atoms with Crippen LogP contribution in [0.5, 0.6) is 0 Å². The van der Waals surface area contributed by atoms with Crippen LogP contribution < -0.4 is 9.62 Å². The molecule has 0 aliphatic heterocycles. The molecule has 32 heavy (non-hydrogen) atoms. The van der Waals surface area contributed by atoms with E-state index in [1.165, 1.54) is 18.3 Å². The number of anilines is 2. The minimum atomic E-state index is -0.132. The Morgan fingerprint density at radius 3 is 2.88 bits per heavy atom. The number of thiazole rings is 1. The number of nitrogens with zero attached hydrogens (tertiary/aromatic N) is 5. The van der Waals surface area contributed by atoms with Gasteiger partial charge in [-0.1, -0.05) is 29.5 Å². The Morgan fingerprint density at radius 1 is 1.09 bits per heavy atom. The molecule has 0 saturated heterocycles. The van der Waals surface area contributed by atoms with Crippen LogP contribution in [0.2, 0.25) is 0 Å². The van der Waals surface area contributed by atoms with Gasteiger partial charge in [0.05, 0.1) is 15.9 Å². The molecule has 0 spiro atoms. The number of hydrogen-bond donors (Lipinski definition) is 1. The molecule has 0 saturated carbocycles. The summed E-state index contributed by atoms with van der Waals surface area (Å²) in [4.78, 5) is 30.3. The van der Waals surface area contributed by atoms with Crippen LogP contribution in [0, 0.1) is 0 Å². The molecule has 1 N–H and O–H groups in total. The van der Waals surface area contributed by atoms with Gasteiger partial charge in [0.1, 0.15) is 0 Å². The minimum absolute atomic E-state index is 0.132. The second-order valence-corrected chi connectivity index (χ2v) is 9.27. The predicted octanol–water partition coefficient (Wildman–Crippen LogP) is 5.40. The molecule has 3 heterocycles. The van der Waals surface area contributed by atoms with Gasteiger partial charge in [-0.25, -0.2) is 15.0 Å². The molecule has 3 aromatic heterocycles. The molecule has 0 radical (unpaired) electrons. The summed E-state index contributed by atoms with van der Waals surface area (Å²) >= 11 is 3.02. The molecule has 0 unspecified atom stereocenters. The lowest BCUT2D eigenvalue weighted by atomic mass is 10.1. The summed E-state index contributed by atoms with van der Waals surface area (Å²) in [6.45, 7) is 1.48. The molecule has 158 valence electrons. The molecule has 0 atom stereocenters. The van der Waals surface area contributed by atoms with E-state index < -0.39 is 0 Å². The fourth-order valence-corrected chi connectivity index (χ4v) is 5.15. The quantitative estimate of drug-likeness (QED) is 0.353. The van der Waals surface area contributed by atoms with E-state index in [9.17, 15) is 4.79 Å². The number of benzene rings is 2. The Labute approximate surface area is 192 Å². The highest BCUT2D eigenvalue weighted by Crippen LogP contribution is 2.33. The highest BCUT2D eigenvalue weighted by Gasteiger charge is 2.12. The Morgan fingerprint density at radius 2 is 2.00 bits per heavy atom. The molecule has 0 aliphatic carbocycles. The van der Waals surface area contributed by atoms with E-state index in [4.69, 9.17) is 4.98 Å². The first kappa shape index (κ1) is 20.3. The zero-order valence-corrected chi connectivity index (χ0v) is 18.9. The highest BCUT2D eigenvalue weighted by molar-refractivity contribution is 8.00. The molecule has 0 bridgehead atoms. The SMILES string of the molecule is CC(=O)Nc1nc2ccc(-c3ccnc(N(C)Sc4cccc5cnccc45)n3)cc2s1. The molecular weight excluding hydrogens is 440 g/mol. The first-order chi connectivity index (χ1) is 15.6. The number of amides is 1. The van der Waals surface area contributed by atoms with Crippen molar-refractivity contribution in [2.75, 3.05) is 16.7 Å². The lowest BCUT2D eigenvalue weighted by Crippen LogP contribution is -2.10. The van der Waals surface area contributed by atoms with Crippen LogP contribution in [0.25, 0.3) is 32.2 Å². The van der Waals surface area contributed by atoms with Gasteiger partial charge >= 0.3 is 0 Å². The van der Waals surface area contributed by atoms with Crippen molar-refractivity contribution in [3.63, 3.8) is 0 Å². The molecule has 5 rings (SSSR count). The second kappa shape index (κ2) is 8.52. The minimum Gasteiger partial charge on any atom is -0.302 e. The van der Waals surface area contributed by atoms with Crippen molar-refractivity contribution in [3.05, 3.63) is 67.1 Å². The third kappa shape index (κ3) is 4.12. The van der Waals surface area contributed by atoms with Crippen LogP contribution in [0.4, 0.5) is 11.1 Å². The van der Waals surface area contributed by atoms with Gasteiger partial charge < -0.3 is 5.32 Å². The van der Waals surface area contributed by atoms with Crippen LogP contribution in [-0.2, 0) is 4.79 Å². The predicted molar refractivity (Wildman–Crippen MR) is 131 cm³/mol. The molecular formula is C23H18N6OS2. The molecule has 7 nitrogen and oxygen atoms in total. The second-order valence-electron chi connectivity index (χ2n) is 7.07. The number of pyridine rings is 1. The fraction of sp³-hybridized carbons (Fsp3) is 0.0870. The third-order valence-electron chi connectivity index (χ3n) is 4.77. The van der Waals surface area contributed by atoms with E-state index in [1.54, 1.807) is 24.3 Å². The van der Waals surface area contributed by atoms with Crippen molar-refractivity contribution in [2.45, 2.75) is 11.8 Å². The van der Waals surface area contributed by atoms with Crippen molar-refractivity contribution >= 4 is 61.3 Å². The molecule has 1 amide bonds. The summed E-state index contributed by atoms with van der Waals surface area (Å²) < 4.78 is 2.94. The molecule has 2 aromatic carbocycles. The van der Waals surface area contributed by atoms with Gasteiger partial charge in [-0.15, -0.1) is 0 Å². The number of aromatic nitrogens is 4. The summed E-state index contributed by atoms with van der Waals surface area (Å²) in [5, 5.41) is 5.57. The van der Waals surface area contributed by atoms with Gasteiger partial charge in [0, 0.05) is 53.8 Å². The number of nitrogens with one attached hydrogen (secondary N) is 1. The number of fused-ring (bicyclic) bond motifs is 2. The number of hydrogen-bond acceptors (Lipinski definition) is 8. The topological polar surface area (TPSA) is 83.9 Å². The van der Waals surface area contributed by atoms with Gasteiger partial charge in [0.15, 0.2) is 5.13 Å². The van der Waals surface area contributed by atoms with Crippen molar-refractivity contribution in [1.29, 1.82) is 0 Å². The summed E-state index contributed by atoms with van der Waals surface area (Å²) in [6, 6.07) is 16.0. The molecule has 9 heteroatoms. The normalized spacial score (nSPS) is 11.1. The smallest absolute Gasteiger partial charge is 0.236 e. The summed E-state index contributed by atoms with van der Waals surface area (Å²) in [6.07, 6.45) is 5.43. The van der Waals surface area contributed by atoms with Crippen molar-refractivity contribution in [1.82, 2.24) is 19.9 Å². The average molecular weight is 459 g/mol. The Kier molecular flexibility index (Phi) is 5.42. The van der Waals surface area contributed by atoms with Crippen LogP contribution in [0.3, 0.4) is 0 Å². The number of carbonyl (C=O) groups is 1. The van der Waals surface area contributed by atoms with E-state index in [1.807, 2.05) is 53.9 Å². The third-order valence-corrected chi connectivity index (χ3v) is 6.69. The van der Waals surface area contributed by atoms with Gasteiger partial charge in [0.25, 0.3) is 0 Å². The van der Waals surface area contributed by atoms with Crippen molar-refractivity contribution in [3.8, 4) is 11.3 Å².